The molecule has 0 saturated heterocycles. The van der Waals surface area contributed by atoms with Crippen LogP contribution in [0.4, 0.5) is 0 Å². The zero-order chi connectivity index (χ0) is 15.0. The molecule has 4 nitrogen and oxygen atoms in total. The molecule has 0 heterocycles. The maximum atomic E-state index is 9.18. The highest BCUT2D eigenvalue weighted by atomic mass is 16.3. The molecule has 120 valence electrons. The van der Waals surface area contributed by atoms with Gasteiger partial charge in [-0.05, 0) is 12.8 Å². The van der Waals surface area contributed by atoms with E-state index >= 15 is 0 Å². The minimum atomic E-state index is -0.134. The lowest BCUT2D eigenvalue weighted by Gasteiger charge is -2.26. The van der Waals surface area contributed by atoms with E-state index in [0.29, 0.717) is 0 Å². The highest BCUT2D eigenvalue weighted by Gasteiger charge is 2.13. The Kier molecular flexibility index (Phi) is 13.3. The molecule has 4 heteroatoms. The molecule has 0 aromatic heterocycles. The number of aliphatic hydroxyl groups is 2. The Morgan fingerprint density at radius 2 is 0.895 bits per heavy atom. The number of rotatable bonds is 6. The van der Waals surface area contributed by atoms with Crippen LogP contribution in [0.2, 0.25) is 0 Å². The van der Waals surface area contributed by atoms with Crippen molar-refractivity contribution in [1.82, 2.24) is 0 Å². The van der Waals surface area contributed by atoms with Gasteiger partial charge in [-0.25, -0.2) is 0 Å². The lowest BCUT2D eigenvalue weighted by molar-refractivity contribution is -0.873. The first-order valence-corrected chi connectivity index (χ1v) is 6.88. The van der Waals surface area contributed by atoms with Crippen molar-refractivity contribution in [2.45, 2.75) is 46.3 Å². The fraction of sp³-hybridized carbons (Fsp3) is 1.00. The molecule has 0 rings (SSSR count). The molecule has 0 radical (unpaired) electrons. The first-order chi connectivity index (χ1) is 7.91. The van der Waals surface area contributed by atoms with Gasteiger partial charge in [0.2, 0.25) is 0 Å². The van der Waals surface area contributed by atoms with E-state index in [1.54, 1.807) is 0 Å². The Morgan fingerprint density at radius 1 is 0.684 bits per heavy atom. The van der Waals surface area contributed by atoms with E-state index < -0.39 is 0 Å². The first kappa shape index (κ1) is 23.9. The van der Waals surface area contributed by atoms with Gasteiger partial charge in [-0.15, -0.1) is 0 Å². The van der Waals surface area contributed by atoms with Gasteiger partial charge < -0.3 is 19.2 Å². The quantitative estimate of drug-likeness (QED) is 0.725. The van der Waals surface area contributed by atoms with Crippen LogP contribution in [-0.2, 0) is 0 Å². The Bertz CT molecular complexity index is 173. The molecule has 2 unspecified atom stereocenters. The normalized spacial score (nSPS) is 14.8. The molecule has 0 bridgehead atoms. The van der Waals surface area contributed by atoms with Crippen molar-refractivity contribution in [3.63, 3.8) is 0 Å². The summed E-state index contributed by atoms with van der Waals surface area (Å²) in [6.07, 6.45) is 1.44. The second kappa shape index (κ2) is 10.6. The Hall–Kier alpha value is -0.160. The van der Waals surface area contributed by atoms with Gasteiger partial charge in [-0.2, -0.15) is 0 Å². The van der Waals surface area contributed by atoms with Crippen molar-refractivity contribution in [2.75, 3.05) is 55.4 Å². The molecule has 0 aliphatic rings. The minimum Gasteiger partial charge on any atom is -0.387 e. The standard InChI is InChI=1S/2C7H18NO.CH4/c2*1-5-7(9)6-8(2,3)4;/h2*7,9H,5-6H2,1-4H3;1H4/q2*+1;. The Labute approximate surface area is 121 Å². The van der Waals surface area contributed by atoms with Gasteiger partial charge in [0.05, 0.1) is 42.3 Å². The van der Waals surface area contributed by atoms with Gasteiger partial charge in [-0.1, -0.05) is 21.3 Å². The summed E-state index contributed by atoms with van der Waals surface area (Å²) < 4.78 is 1.68. The zero-order valence-corrected chi connectivity index (χ0v) is 13.8. The minimum absolute atomic E-state index is 0. The van der Waals surface area contributed by atoms with Gasteiger partial charge in [0.25, 0.3) is 0 Å². The lowest BCUT2D eigenvalue weighted by Crippen LogP contribution is -2.41. The molecule has 2 N–H and O–H groups in total. The van der Waals surface area contributed by atoms with E-state index in [1.165, 1.54) is 0 Å². The zero-order valence-electron chi connectivity index (χ0n) is 13.8. The maximum absolute atomic E-state index is 9.18. The number of likely N-dealkylation sites (N-methyl/N-ethyl adjacent to an activating group) is 2. The van der Waals surface area contributed by atoms with Crippen LogP contribution in [0.15, 0.2) is 0 Å². The van der Waals surface area contributed by atoms with Crippen LogP contribution in [-0.4, -0.2) is 86.8 Å². The van der Waals surface area contributed by atoms with Crippen molar-refractivity contribution in [2.24, 2.45) is 0 Å². The summed E-state index contributed by atoms with van der Waals surface area (Å²) >= 11 is 0. The molecule has 0 fully saturated rings. The molecule has 0 amide bonds. The topological polar surface area (TPSA) is 40.5 Å². The first-order valence-electron chi connectivity index (χ1n) is 6.88. The molecule has 0 aromatic carbocycles. The van der Waals surface area contributed by atoms with Crippen LogP contribution in [0.3, 0.4) is 0 Å². The number of hydrogen-bond donors (Lipinski definition) is 2. The SMILES string of the molecule is C.CCC(O)C[N+](C)(C)C.CCC(O)C[N+](C)(C)C. The van der Waals surface area contributed by atoms with Crippen LogP contribution >= 0.6 is 0 Å². The Morgan fingerprint density at radius 3 is 0.947 bits per heavy atom. The van der Waals surface area contributed by atoms with Crippen LogP contribution in [0.5, 0.6) is 0 Å². The van der Waals surface area contributed by atoms with Gasteiger partial charge >= 0.3 is 0 Å². The summed E-state index contributed by atoms with van der Waals surface area (Å²) in [5.74, 6) is 0. The molecule has 0 saturated carbocycles. The van der Waals surface area contributed by atoms with E-state index in [0.717, 1.165) is 34.9 Å². The highest BCUT2D eigenvalue weighted by molar-refractivity contribution is 4.47. The number of nitrogens with zero attached hydrogens (tertiary/aromatic N) is 2. The molecule has 0 aliphatic heterocycles. The van der Waals surface area contributed by atoms with Crippen LogP contribution < -0.4 is 0 Å². The average Bonchev–Trinajstić information content (AvgIpc) is 2.13. The van der Waals surface area contributed by atoms with E-state index in [2.05, 4.69) is 42.3 Å². The molecular weight excluding hydrogens is 240 g/mol. The average molecular weight is 280 g/mol. The number of quaternary nitrogens is 2. The highest BCUT2D eigenvalue weighted by Crippen LogP contribution is 1.97. The third-order valence-corrected chi connectivity index (χ3v) is 2.46. The van der Waals surface area contributed by atoms with E-state index in [4.69, 9.17) is 0 Å². The predicted octanol–water partition coefficient (Wildman–Crippen LogP) is 1.56. The fourth-order valence-corrected chi connectivity index (χ4v) is 1.52. The van der Waals surface area contributed by atoms with Crippen molar-refractivity contribution >= 4 is 0 Å². The third-order valence-electron chi connectivity index (χ3n) is 2.46. The summed E-state index contributed by atoms with van der Waals surface area (Å²) in [5.41, 5.74) is 0. The van der Waals surface area contributed by atoms with Crippen LogP contribution in [0, 0.1) is 0 Å². The van der Waals surface area contributed by atoms with Crippen LogP contribution in [0.25, 0.3) is 0 Å². The van der Waals surface area contributed by atoms with Crippen molar-refractivity contribution in [1.29, 1.82) is 0 Å². The van der Waals surface area contributed by atoms with Gasteiger partial charge in [0.15, 0.2) is 0 Å². The lowest BCUT2D eigenvalue weighted by atomic mass is 10.2. The van der Waals surface area contributed by atoms with Crippen molar-refractivity contribution in [3.8, 4) is 0 Å². The number of hydrogen-bond acceptors (Lipinski definition) is 2. The van der Waals surface area contributed by atoms with Gasteiger partial charge in [-0.3, -0.25) is 0 Å². The molecular formula is C15H40N2O2+2. The smallest absolute Gasteiger partial charge is 0.104 e. The second-order valence-corrected chi connectivity index (χ2v) is 7.07. The number of aliphatic hydroxyl groups excluding tert-OH is 2. The van der Waals surface area contributed by atoms with E-state index in [1.807, 2.05) is 13.8 Å². The summed E-state index contributed by atoms with van der Waals surface area (Å²) in [5, 5.41) is 18.4. The largest absolute Gasteiger partial charge is 0.387 e. The maximum Gasteiger partial charge on any atom is 0.104 e. The fourth-order valence-electron chi connectivity index (χ4n) is 1.52. The molecule has 0 aliphatic carbocycles. The third kappa shape index (κ3) is 23.4. The van der Waals surface area contributed by atoms with Crippen molar-refractivity contribution < 1.29 is 19.2 Å². The van der Waals surface area contributed by atoms with E-state index in [9.17, 15) is 10.2 Å². The summed E-state index contributed by atoms with van der Waals surface area (Å²) in [6.45, 7) is 5.69. The van der Waals surface area contributed by atoms with E-state index in [-0.39, 0.29) is 19.6 Å². The molecule has 0 aromatic rings. The molecule has 0 spiro atoms. The second-order valence-electron chi connectivity index (χ2n) is 7.07. The summed E-state index contributed by atoms with van der Waals surface area (Å²) in [4.78, 5) is 0. The summed E-state index contributed by atoms with van der Waals surface area (Å²) in [6, 6.07) is 0. The Balaban J connectivity index is -0.000000256. The predicted molar refractivity (Wildman–Crippen MR) is 85.1 cm³/mol. The summed E-state index contributed by atoms with van der Waals surface area (Å²) in [7, 11) is 12.5. The van der Waals surface area contributed by atoms with Crippen LogP contribution in [0.1, 0.15) is 34.1 Å². The molecule has 19 heavy (non-hydrogen) atoms. The molecule has 2 atom stereocenters. The monoisotopic (exact) mass is 280 g/mol. The van der Waals surface area contributed by atoms with Gasteiger partial charge in [0, 0.05) is 0 Å². The van der Waals surface area contributed by atoms with Gasteiger partial charge in [0.1, 0.15) is 25.3 Å². The van der Waals surface area contributed by atoms with Crippen molar-refractivity contribution in [3.05, 3.63) is 0 Å².